The van der Waals surface area contributed by atoms with Crippen LogP contribution in [0.3, 0.4) is 0 Å². The number of amides is 1. The Balaban J connectivity index is 1.95. The number of aliphatic hydroxyl groups is 1. The molecule has 0 saturated carbocycles. The summed E-state index contributed by atoms with van der Waals surface area (Å²) >= 11 is 6.17. The first kappa shape index (κ1) is 22.6. The number of benzene rings is 3. The Labute approximate surface area is 197 Å². The monoisotopic (exact) mass is 461 g/mol. The number of phenols is 1. The molecular formula is C27H24ClNO4. The molecule has 0 radical (unpaired) electrons. The maximum atomic E-state index is 13.2. The van der Waals surface area contributed by atoms with Gasteiger partial charge in [0.15, 0.2) is 0 Å². The van der Waals surface area contributed by atoms with Crippen molar-refractivity contribution in [3.63, 3.8) is 0 Å². The van der Waals surface area contributed by atoms with Gasteiger partial charge in [0, 0.05) is 11.3 Å². The number of phenolic OH excluding ortho intramolecular Hbond substituents is 1. The maximum absolute atomic E-state index is 13.2. The second kappa shape index (κ2) is 8.75. The molecule has 1 saturated heterocycles. The van der Waals surface area contributed by atoms with Crippen molar-refractivity contribution in [3.05, 3.63) is 99.1 Å². The van der Waals surface area contributed by atoms with Crippen LogP contribution in [0.4, 0.5) is 5.69 Å². The molecule has 3 aromatic rings. The Kier molecular flexibility index (Phi) is 6.00. The third-order valence-corrected chi connectivity index (χ3v) is 6.44. The van der Waals surface area contributed by atoms with E-state index in [0.717, 1.165) is 23.1 Å². The fourth-order valence-electron chi connectivity index (χ4n) is 4.04. The molecule has 0 spiro atoms. The van der Waals surface area contributed by atoms with Gasteiger partial charge in [-0.05, 0) is 66.8 Å². The number of nitrogens with zero attached hydrogens (tertiary/aromatic N) is 1. The third kappa shape index (κ3) is 4.00. The smallest absolute Gasteiger partial charge is 0.300 e. The SMILES string of the molecule is CCc1ccc(/C(O)=C2\C(=O)C(=O)N(c3ccc(C)c(C)c3)C2c2ccc(O)c(Cl)c2)cc1. The van der Waals surface area contributed by atoms with Gasteiger partial charge in [0.1, 0.15) is 11.5 Å². The molecular weight excluding hydrogens is 438 g/mol. The molecule has 1 atom stereocenters. The highest BCUT2D eigenvalue weighted by atomic mass is 35.5. The minimum atomic E-state index is -0.906. The minimum absolute atomic E-state index is 0.0239. The predicted octanol–water partition coefficient (Wildman–Crippen LogP) is 5.85. The lowest BCUT2D eigenvalue weighted by Gasteiger charge is -2.26. The molecule has 1 aliphatic heterocycles. The van der Waals surface area contributed by atoms with Crippen molar-refractivity contribution in [3.8, 4) is 5.75 Å². The van der Waals surface area contributed by atoms with Crippen molar-refractivity contribution in [1.29, 1.82) is 0 Å². The average Bonchev–Trinajstić information content (AvgIpc) is 3.07. The standard InChI is InChI=1S/C27H24ClNO4/c1-4-17-6-8-18(9-7-17)25(31)23-24(19-10-12-22(30)21(28)14-19)29(27(33)26(23)32)20-11-5-15(2)16(3)13-20/h5-14,24,30-31H,4H2,1-3H3/b25-23+. The van der Waals surface area contributed by atoms with E-state index < -0.39 is 17.7 Å². The summed E-state index contributed by atoms with van der Waals surface area (Å²) in [5.41, 5.74) is 4.56. The van der Waals surface area contributed by atoms with Gasteiger partial charge < -0.3 is 10.2 Å². The van der Waals surface area contributed by atoms with Gasteiger partial charge in [-0.1, -0.05) is 54.9 Å². The molecule has 1 fully saturated rings. The van der Waals surface area contributed by atoms with Crippen LogP contribution in [0, 0.1) is 13.8 Å². The molecule has 0 bridgehead atoms. The zero-order valence-corrected chi connectivity index (χ0v) is 19.3. The summed E-state index contributed by atoms with van der Waals surface area (Å²) in [7, 11) is 0. The molecule has 2 N–H and O–H groups in total. The van der Waals surface area contributed by atoms with Crippen molar-refractivity contribution in [2.24, 2.45) is 0 Å². The Hall–Kier alpha value is -3.57. The van der Waals surface area contributed by atoms with Gasteiger partial charge in [0.05, 0.1) is 16.6 Å². The number of ketones is 1. The van der Waals surface area contributed by atoms with E-state index in [4.69, 9.17) is 11.6 Å². The number of aryl methyl sites for hydroxylation is 3. The van der Waals surface area contributed by atoms with E-state index in [1.54, 1.807) is 24.3 Å². The van der Waals surface area contributed by atoms with Crippen LogP contribution < -0.4 is 4.90 Å². The Bertz CT molecular complexity index is 1290. The van der Waals surface area contributed by atoms with Crippen molar-refractivity contribution in [2.45, 2.75) is 33.2 Å². The number of anilines is 1. The molecule has 1 unspecified atom stereocenters. The van der Waals surface area contributed by atoms with Gasteiger partial charge in [0.2, 0.25) is 0 Å². The summed E-state index contributed by atoms with van der Waals surface area (Å²) < 4.78 is 0. The van der Waals surface area contributed by atoms with Gasteiger partial charge in [-0.25, -0.2) is 0 Å². The second-order valence-electron chi connectivity index (χ2n) is 8.20. The Morgan fingerprint density at radius 2 is 1.67 bits per heavy atom. The molecule has 1 amide bonds. The number of carbonyl (C=O) groups is 2. The molecule has 5 nitrogen and oxygen atoms in total. The van der Waals surface area contributed by atoms with Crippen LogP contribution in [0.2, 0.25) is 5.02 Å². The van der Waals surface area contributed by atoms with E-state index in [0.29, 0.717) is 16.8 Å². The lowest BCUT2D eigenvalue weighted by atomic mass is 9.94. The van der Waals surface area contributed by atoms with Crippen LogP contribution in [0.5, 0.6) is 5.75 Å². The summed E-state index contributed by atoms with van der Waals surface area (Å²) in [5.74, 6) is -1.88. The van der Waals surface area contributed by atoms with Crippen molar-refractivity contribution >= 4 is 34.7 Å². The number of aromatic hydroxyl groups is 1. The lowest BCUT2D eigenvalue weighted by molar-refractivity contribution is -0.132. The van der Waals surface area contributed by atoms with Gasteiger partial charge in [0.25, 0.3) is 11.7 Å². The first-order chi connectivity index (χ1) is 15.7. The maximum Gasteiger partial charge on any atom is 0.300 e. The normalized spacial score (nSPS) is 17.6. The molecule has 0 aliphatic carbocycles. The van der Waals surface area contributed by atoms with Gasteiger partial charge >= 0.3 is 0 Å². The fraction of sp³-hybridized carbons (Fsp3) is 0.185. The molecule has 3 aromatic carbocycles. The van der Waals surface area contributed by atoms with Crippen LogP contribution in [0.15, 0.2) is 66.2 Å². The molecule has 0 aromatic heterocycles. The summed E-state index contributed by atoms with van der Waals surface area (Å²) in [5, 5.41) is 21.2. The van der Waals surface area contributed by atoms with E-state index in [1.807, 2.05) is 45.0 Å². The number of hydrogen-bond donors (Lipinski definition) is 2. The highest BCUT2D eigenvalue weighted by molar-refractivity contribution is 6.51. The highest BCUT2D eigenvalue weighted by Crippen LogP contribution is 2.43. The highest BCUT2D eigenvalue weighted by Gasteiger charge is 2.47. The van der Waals surface area contributed by atoms with E-state index in [-0.39, 0.29) is 22.1 Å². The zero-order chi connectivity index (χ0) is 23.9. The Morgan fingerprint density at radius 3 is 2.27 bits per heavy atom. The second-order valence-corrected chi connectivity index (χ2v) is 8.61. The zero-order valence-electron chi connectivity index (χ0n) is 18.6. The molecule has 33 heavy (non-hydrogen) atoms. The molecule has 6 heteroatoms. The van der Waals surface area contributed by atoms with Crippen molar-refractivity contribution < 1.29 is 19.8 Å². The van der Waals surface area contributed by atoms with Gasteiger partial charge in [-0.3, -0.25) is 14.5 Å². The first-order valence-electron chi connectivity index (χ1n) is 10.7. The molecule has 168 valence electrons. The average molecular weight is 462 g/mol. The summed E-state index contributed by atoms with van der Waals surface area (Å²) in [4.78, 5) is 27.8. The van der Waals surface area contributed by atoms with Crippen LogP contribution >= 0.6 is 11.6 Å². The number of hydrogen-bond acceptors (Lipinski definition) is 4. The predicted molar refractivity (Wildman–Crippen MR) is 130 cm³/mol. The van der Waals surface area contributed by atoms with E-state index >= 15 is 0 Å². The lowest BCUT2D eigenvalue weighted by Crippen LogP contribution is -2.29. The van der Waals surface area contributed by atoms with Gasteiger partial charge in [-0.15, -0.1) is 0 Å². The number of Topliss-reactive ketones (excluding diaryl/α,β-unsaturated/α-hetero) is 1. The topological polar surface area (TPSA) is 77.8 Å². The Morgan fingerprint density at radius 1 is 0.970 bits per heavy atom. The van der Waals surface area contributed by atoms with E-state index in [1.165, 1.54) is 17.0 Å². The van der Waals surface area contributed by atoms with Crippen LogP contribution in [0.25, 0.3) is 5.76 Å². The van der Waals surface area contributed by atoms with Crippen molar-refractivity contribution in [2.75, 3.05) is 4.90 Å². The minimum Gasteiger partial charge on any atom is -0.507 e. The molecule has 1 heterocycles. The largest absolute Gasteiger partial charge is 0.507 e. The number of aliphatic hydroxyl groups excluding tert-OH is 1. The van der Waals surface area contributed by atoms with Crippen LogP contribution in [-0.4, -0.2) is 21.9 Å². The van der Waals surface area contributed by atoms with E-state index in [9.17, 15) is 19.8 Å². The number of carbonyl (C=O) groups excluding carboxylic acids is 2. The summed E-state index contributed by atoms with van der Waals surface area (Å²) in [6.07, 6.45) is 0.838. The summed E-state index contributed by atoms with van der Waals surface area (Å²) in [6.45, 7) is 5.92. The number of halogens is 1. The van der Waals surface area contributed by atoms with Crippen LogP contribution in [-0.2, 0) is 16.0 Å². The van der Waals surface area contributed by atoms with Gasteiger partial charge in [-0.2, -0.15) is 0 Å². The third-order valence-electron chi connectivity index (χ3n) is 6.14. The van der Waals surface area contributed by atoms with Crippen molar-refractivity contribution in [1.82, 2.24) is 0 Å². The fourth-order valence-corrected chi connectivity index (χ4v) is 4.23. The molecule has 1 aliphatic rings. The molecule has 4 rings (SSSR count). The number of rotatable bonds is 4. The summed E-state index contributed by atoms with van der Waals surface area (Å²) in [6, 6.07) is 16.3. The quantitative estimate of drug-likeness (QED) is 0.290. The van der Waals surface area contributed by atoms with E-state index in [2.05, 4.69) is 0 Å². The van der Waals surface area contributed by atoms with Crippen LogP contribution in [0.1, 0.15) is 40.8 Å². The first-order valence-corrected chi connectivity index (χ1v) is 11.1.